The maximum atomic E-state index is 5.66. The standard InChI is InChI=1S/C17H23NO3/c1-15-6-8-17(9-7-15)20-13-3-2-11-19-12-4-5-16-10-14-21-18-16/h6-10,14H,2-5,11-13H2,1H3. The summed E-state index contributed by atoms with van der Waals surface area (Å²) in [6, 6.07) is 10.0. The Morgan fingerprint density at radius 1 is 0.952 bits per heavy atom. The topological polar surface area (TPSA) is 44.5 Å². The molecule has 0 saturated carbocycles. The van der Waals surface area contributed by atoms with Crippen LogP contribution in [0.2, 0.25) is 0 Å². The zero-order valence-corrected chi connectivity index (χ0v) is 12.6. The summed E-state index contributed by atoms with van der Waals surface area (Å²) < 4.78 is 16.0. The minimum atomic E-state index is 0.741. The molecule has 0 N–H and O–H groups in total. The Morgan fingerprint density at radius 2 is 1.71 bits per heavy atom. The highest BCUT2D eigenvalue weighted by Gasteiger charge is 1.97. The SMILES string of the molecule is Cc1ccc(OCCCCOCCCc2ccon2)cc1. The van der Waals surface area contributed by atoms with Crippen LogP contribution in [0.15, 0.2) is 41.1 Å². The van der Waals surface area contributed by atoms with Gasteiger partial charge in [0.2, 0.25) is 0 Å². The number of aromatic nitrogens is 1. The fourth-order valence-electron chi connectivity index (χ4n) is 1.95. The predicted molar refractivity (Wildman–Crippen MR) is 81.6 cm³/mol. The van der Waals surface area contributed by atoms with Gasteiger partial charge in [0.1, 0.15) is 12.0 Å². The molecule has 0 aliphatic carbocycles. The van der Waals surface area contributed by atoms with E-state index in [2.05, 4.69) is 24.2 Å². The monoisotopic (exact) mass is 289 g/mol. The van der Waals surface area contributed by atoms with E-state index in [9.17, 15) is 0 Å². The van der Waals surface area contributed by atoms with Gasteiger partial charge in [0.25, 0.3) is 0 Å². The normalized spacial score (nSPS) is 10.7. The fourth-order valence-corrected chi connectivity index (χ4v) is 1.95. The van der Waals surface area contributed by atoms with Crippen LogP contribution in [0.3, 0.4) is 0 Å². The van der Waals surface area contributed by atoms with E-state index in [-0.39, 0.29) is 0 Å². The average Bonchev–Trinajstić information content (AvgIpc) is 3.01. The second-order valence-corrected chi connectivity index (χ2v) is 5.08. The van der Waals surface area contributed by atoms with Crippen molar-refractivity contribution in [2.45, 2.75) is 32.6 Å². The number of aryl methyl sites for hydroxylation is 2. The third-order valence-corrected chi connectivity index (χ3v) is 3.19. The highest BCUT2D eigenvalue weighted by molar-refractivity contribution is 5.26. The van der Waals surface area contributed by atoms with Gasteiger partial charge in [-0.15, -0.1) is 0 Å². The second kappa shape index (κ2) is 9.19. The molecule has 4 heteroatoms. The van der Waals surface area contributed by atoms with Gasteiger partial charge in [0, 0.05) is 19.3 Å². The molecular formula is C17H23NO3. The van der Waals surface area contributed by atoms with E-state index < -0.39 is 0 Å². The number of ether oxygens (including phenoxy) is 2. The Kier molecular flexibility index (Phi) is 6.81. The smallest absolute Gasteiger partial charge is 0.124 e. The number of nitrogens with zero attached hydrogens (tertiary/aromatic N) is 1. The first kappa shape index (κ1) is 15.6. The fraction of sp³-hybridized carbons (Fsp3) is 0.471. The zero-order chi connectivity index (χ0) is 14.8. The lowest BCUT2D eigenvalue weighted by Crippen LogP contribution is -2.02. The summed E-state index contributed by atoms with van der Waals surface area (Å²) in [5.41, 5.74) is 2.24. The summed E-state index contributed by atoms with van der Waals surface area (Å²) in [7, 11) is 0. The summed E-state index contributed by atoms with van der Waals surface area (Å²) in [5, 5.41) is 3.86. The van der Waals surface area contributed by atoms with Crippen molar-refractivity contribution in [2.75, 3.05) is 19.8 Å². The van der Waals surface area contributed by atoms with Gasteiger partial charge in [0.05, 0.1) is 12.3 Å². The Bertz CT molecular complexity index is 479. The average molecular weight is 289 g/mol. The Balaban J connectivity index is 1.41. The molecule has 0 atom stereocenters. The minimum absolute atomic E-state index is 0.741. The van der Waals surface area contributed by atoms with Crippen LogP contribution in [-0.4, -0.2) is 25.0 Å². The molecule has 0 saturated heterocycles. The molecule has 1 aromatic heterocycles. The van der Waals surface area contributed by atoms with Crippen molar-refractivity contribution in [3.8, 4) is 5.75 Å². The molecule has 2 aromatic rings. The van der Waals surface area contributed by atoms with Gasteiger partial charge in [-0.05, 0) is 44.7 Å². The molecule has 1 heterocycles. The maximum absolute atomic E-state index is 5.66. The molecule has 0 fully saturated rings. The highest BCUT2D eigenvalue weighted by atomic mass is 16.5. The molecule has 1 aromatic carbocycles. The second-order valence-electron chi connectivity index (χ2n) is 5.08. The van der Waals surface area contributed by atoms with Crippen molar-refractivity contribution in [3.05, 3.63) is 47.9 Å². The Hall–Kier alpha value is -1.81. The lowest BCUT2D eigenvalue weighted by molar-refractivity contribution is 0.124. The molecule has 2 rings (SSSR count). The molecule has 0 radical (unpaired) electrons. The zero-order valence-electron chi connectivity index (χ0n) is 12.6. The van der Waals surface area contributed by atoms with Crippen molar-refractivity contribution >= 4 is 0 Å². The van der Waals surface area contributed by atoms with Crippen molar-refractivity contribution in [1.82, 2.24) is 5.16 Å². The summed E-state index contributed by atoms with van der Waals surface area (Å²) in [5.74, 6) is 0.939. The summed E-state index contributed by atoms with van der Waals surface area (Å²) >= 11 is 0. The van der Waals surface area contributed by atoms with Crippen molar-refractivity contribution in [1.29, 1.82) is 0 Å². The largest absolute Gasteiger partial charge is 0.494 e. The molecule has 0 spiro atoms. The maximum Gasteiger partial charge on any atom is 0.124 e. The van der Waals surface area contributed by atoms with Gasteiger partial charge in [-0.25, -0.2) is 0 Å². The molecule has 114 valence electrons. The van der Waals surface area contributed by atoms with E-state index in [1.165, 1.54) is 5.56 Å². The van der Waals surface area contributed by atoms with Crippen LogP contribution >= 0.6 is 0 Å². The molecule has 0 aliphatic heterocycles. The van der Waals surface area contributed by atoms with Crippen molar-refractivity contribution in [2.24, 2.45) is 0 Å². The molecule has 0 amide bonds. The predicted octanol–water partition coefficient (Wildman–Crippen LogP) is 3.79. The van der Waals surface area contributed by atoms with E-state index in [4.69, 9.17) is 14.0 Å². The molecule has 0 aliphatic rings. The van der Waals surface area contributed by atoms with Crippen LogP contribution in [0, 0.1) is 6.92 Å². The van der Waals surface area contributed by atoms with Crippen LogP contribution in [0.25, 0.3) is 0 Å². The van der Waals surface area contributed by atoms with Crippen LogP contribution in [-0.2, 0) is 11.2 Å². The van der Waals surface area contributed by atoms with E-state index in [1.807, 2.05) is 18.2 Å². The van der Waals surface area contributed by atoms with E-state index >= 15 is 0 Å². The first-order chi connectivity index (χ1) is 10.3. The van der Waals surface area contributed by atoms with Gasteiger partial charge in [-0.3, -0.25) is 0 Å². The summed E-state index contributed by atoms with van der Waals surface area (Å²) in [6.45, 7) is 4.37. The van der Waals surface area contributed by atoms with Crippen LogP contribution < -0.4 is 4.74 Å². The molecular weight excluding hydrogens is 266 g/mol. The third kappa shape index (κ3) is 6.45. The van der Waals surface area contributed by atoms with E-state index in [1.54, 1.807) is 6.26 Å². The van der Waals surface area contributed by atoms with Gasteiger partial charge >= 0.3 is 0 Å². The number of hydrogen-bond donors (Lipinski definition) is 0. The molecule has 21 heavy (non-hydrogen) atoms. The molecule has 0 unspecified atom stereocenters. The lowest BCUT2D eigenvalue weighted by atomic mass is 10.2. The van der Waals surface area contributed by atoms with E-state index in [0.29, 0.717) is 0 Å². The van der Waals surface area contributed by atoms with E-state index in [0.717, 1.165) is 56.9 Å². The van der Waals surface area contributed by atoms with Gasteiger partial charge < -0.3 is 14.0 Å². The first-order valence-electron chi connectivity index (χ1n) is 7.51. The van der Waals surface area contributed by atoms with Gasteiger partial charge in [0.15, 0.2) is 0 Å². The van der Waals surface area contributed by atoms with Crippen LogP contribution in [0.4, 0.5) is 0 Å². The quantitative estimate of drug-likeness (QED) is 0.624. The van der Waals surface area contributed by atoms with Gasteiger partial charge in [-0.1, -0.05) is 22.9 Å². The molecule has 4 nitrogen and oxygen atoms in total. The minimum Gasteiger partial charge on any atom is -0.494 e. The Labute approximate surface area is 126 Å². The van der Waals surface area contributed by atoms with Crippen molar-refractivity contribution < 1.29 is 14.0 Å². The van der Waals surface area contributed by atoms with Gasteiger partial charge in [-0.2, -0.15) is 0 Å². The number of benzene rings is 1. The number of hydrogen-bond acceptors (Lipinski definition) is 4. The Morgan fingerprint density at radius 3 is 2.48 bits per heavy atom. The highest BCUT2D eigenvalue weighted by Crippen LogP contribution is 2.11. The van der Waals surface area contributed by atoms with Crippen LogP contribution in [0.5, 0.6) is 5.75 Å². The first-order valence-corrected chi connectivity index (χ1v) is 7.51. The third-order valence-electron chi connectivity index (χ3n) is 3.19. The lowest BCUT2D eigenvalue weighted by Gasteiger charge is -2.07. The van der Waals surface area contributed by atoms with Crippen molar-refractivity contribution in [3.63, 3.8) is 0 Å². The molecule has 0 bridgehead atoms. The number of rotatable bonds is 10. The summed E-state index contributed by atoms with van der Waals surface area (Å²) in [4.78, 5) is 0. The number of unbranched alkanes of at least 4 members (excludes halogenated alkanes) is 1. The van der Waals surface area contributed by atoms with Crippen LogP contribution in [0.1, 0.15) is 30.5 Å². The summed E-state index contributed by atoms with van der Waals surface area (Å²) in [6.07, 6.45) is 5.52.